The first-order valence-electron chi connectivity index (χ1n) is 3.83. The Labute approximate surface area is 65.4 Å². The first-order valence-corrected chi connectivity index (χ1v) is 3.83. The summed E-state index contributed by atoms with van der Waals surface area (Å²) in [5.74, 6) is -0.439. The lowest BCUT2D eigenvalue weighted by Gasteiger charge is -1.92. The summed E-state index contributed by atoms with van der Waals surface area (Å²) in [6.07, 6.45) is 2.06. The second-order valence-corrected chi connectivity index (χ2v) is 3.18. The molecule has 1 saturated carbocycles. The number of hydrogen-bond donors (Lipinski definition) is 1. The number of hydrogen-bond acceptors (Lipinski definition) is 2. The monoisotopic (exact) mass is 156 g/mol. The van der Waals surface area contributed by atoms with Crippen molar-refractivity contribution in [2.24, 2.45) is 11.8 Å². The molecule has 0 bridgehead atoms. The number of carboxylic acid groups (broad SMARTS) is 1. The Balaban J connectivity index is 2.14. The largest absolute Gasteiger partial charge is 0.481 e. The fraction of sp³-hybridized carbons (Fsp3) is 0.750. The van der Waals surface area contributed by atoms with Gasteiger partial charge in [-0.2, -0.15) is 0 Å². The van der Waals surface area contributed by atoms with E-state index in [9.17, 15) is 9.59 Å². The summed E-state index contributed by atoms with van der Waals surface area (Å²) >= 11 is 0. The summed E-state index contributed by atoms with van der Waals surface area (Å²) < 4.78 is 0. The van der Waals surface area contributed by atoms with Crippen LogP contribution in [0.2, 0.25) is 0 Å². The van der Waals surface area contributed by atoms with E-state index in [-0.39, 0.29) is 17.6 Å². The zero-order valence-corrected chi connectivity index (χ0v) is 6.54. The summed E-state index contributed by atoms with van der Waals surface area (Å²) in [6.45, 7) is 1.54. The highest BCUT2D eigenvalue weighted by molar-refractivity contribution is 5.76. The SMILES string of the molecule is CC(=O)CC[C@@H]1C[C@@H]1C(=O)O. The number of carbonyl (C=O) groups excluding carboxylic acids is 1. The lowest BCUT2D eigenvalue weighted by Crippen LogP contribution is -2.00. The van der Waals surface area contributed by atoms with Crippen LogP contribution in [-0.4, -0.2) is 16.9 Å². The maximum atomic E-state index is 10.5. The molecule has 0 saturated heterocycles. The van der Waals surface area contributed by atoms with Crippen molar-refractivity contribution in [1.82, 2.24) is 0 Å². The van der Waals surface area contributed by atoms with E-state index >= 15 is 0 Å². The van der Waals surface area contributed by atoms with Crippen molar-refractivity contribution in [2.75, 3.05) is 0 Å². The van der Waals surface area contributed by atoms with Crippen molar-refractivity contribution < 1.29 is 14.7 Å². The van der Waals surface area contributed by atoms with Crippen LogP contribution in [0, 0.1) is 11.8 Å². The van der Waals surface area contributed by atoms with Gasteiger partial charge < -0.3 is 9.90 Å². The van der Waals surface area contributed by atoms with Crippen LogP contribution < -0.4 is 0 Å². The van der Waals surface area contributed by atoms with Gasteiger partial charge in [-0.25, -0.2) is 0 Å². The van der Waals surface area contributed by atoms with Gasteiger partial charge in [-0.15, -0.1) is 0 Å². The molecule has 0 spiro atoms. The van der Waals surface area contributed by atoms with Gasteiger partial charge in [0.05, 0.1) is 5.92 Å². The highest BCUT2D eigenvalue weighted by Crippen LogP contribution is 2.41. The molecule has 0 aromatic heterocycles. The van der Waals surface area contributed by atoms with E-state index in [0.29, 0.717) is 6.42 Å². The molecule has 0 amide bonds. The average molecular weight is 156 g/mol. The normalized spacial score (nSPS) is 28.1. The molecule has 1 fully saturated rings. The Morgan fingerprint density at radius 3 is 2.55 bits per heavy atom. The van der Waals surface area contributed by atoms with Gasteiger partial charge in [-0.05, 0) is 25.7 Å². The minimum Gasteiger partial charge on any atom is -0.481 e. The Morgan fingerprint density at radius 1 is 1.55 bits per heavy atom. The minimum atomic E-state index is -0.710. The number of rotatable bonds is 4. The maximum absolute atomic E-state index is 10.5. The molecule has 0 aromatic rings. The third kappa shape index (κ3) is 2.33. The Kier molecular flexibility index (Phi) is 2.27. The second kappa shape index (κ2) is 3.03. The molecule has 1 rings (SSSR count). The maximum Gasteiger partial charge on any atom is 0.306 e. The van der Waals surface area contributed by atoms with Crippen LogP contribution in [0.15, 0.2) is 0 Å². The topological polar surface area (TPSA) is 54.4 Å². The van der Waals surface area contributed by atoms with E-state index < -0.39 is 5.97 Å². The van der Waals surface area contributed by atoms with Gasteiger partial charge in [0.1, 0.15) is 5.78 Å². The number of carbonyl (C=O) groups is 2. The molecule has 1 aliphatic rings. The zero-order valence-electron chi connectivity index (χ0n) is 6.54. The average Bonchev–Trinajstić information content (AvgIpc) is 2.61. The number of Topliss-reactive ketones (excluding diaryl/α,β-unsaturated/α-hetero) is 1. The smallest absolute Gasteiger partial charge is 0.306 e. The van der Waals surface area contributed by atoms with Gasteiger partial charge in [0.25, 0.3) is 0 Å². The summed E-state index contributed by atoms with van der Waals surface area (Å²) in [5.41, 5.74) is 0. The van der Waals surface area contributed by atoms with E-state index in [1.807, 2.05) is 0 Å². The van der Waals surface area contributed by atoms with Crippen LogP contribution in [0.3, 0.4) is 0 Å². The lowest BCUT2D eigenvalue weighted by atomic mass is 10.1. The molecule has 0 unspecified atom stereocenters. The van der Waals surface area contributed by atoms with Crippen molar-refractivity contribution in [3.63, 3.8) is 0 Å². The summed E-state index contributed by atoms with van der Waals surface area (Å²) in [7, 11) is 0. The van der Waals surface area contributed by atoms with Gasteiger partial charge in [-0.1, -0.05) is 0 Å². The molecule has 0 heterocycles. The number of carboxylic acids is 1. The number of ketones is 1. The Bertz CT molecular complexity index is 186. The minimum absolute atomic E-state index is 0.154. The molecular weight excluding hydrogens is 144 g/mol. The van der Waals surface area contributed by atoms with Crippen molar-refractivity contribution in [3.05, 3.63) is 0 Å². The van der Waals surface area contributed by atoms with Gasteiger partial charge in [0, 0.05) is 6.42 Å². The predicted molar refractivity (Wildman–Crippen MR) is 39.1 cm³/mol. The molecule has 0 radical (unpaired) electrons. The standard InChI is InChI=1S/C8H12O3/c1-5(9)2-3-6-4-7(6)8(10)11/h6-7H,2-4H2,1H3,(H,10,11)/t6-,7+/m1/s1. The Hall–Kier alpha value is -0.860. The summed E-state index contributed by atoms with van der Waals surface area (Å²) in [5, 5.41) is 8.50. The van der Waals surface area contributed by atoms with Crippen LogP contribution >= 0.6 is 0 Å². The quantitative estimate of drug-likeness (QED) is 0.662. The van der Waals surface area contributed by atoms with Crippen molar-refractivity contribution in [1.29, 1.82) is 0 Å². The molecular formula is C8H12O3. The number of aliphatic carboxylic acids is 1. The highest BCUT2D eigenvalue weighted by Gasteiger charge is 2.42. The molecule has 1 N–H and O–H groups in total. The summed E-state index contributed by atoms with van der Waals surface area (Å²) in [4.78, 5) is 20.8. The molecule has 3 nitrogen and oxygen atoms in total. The van der Waals surface area contributed by atoms with Crippen molar-refractivity contribution >= 4 is 11.8 Å². The molecule has 1 aliphatic carbocycles. The van der Waals surface area contributed by atoms with E-state index in [1.54, 1.807) is 0 Å². The third-order valence-corrected chi connectivity index (χ3v) is 2.11. The van der Waals surface area contributed by atoms with Gasteiger partial charge in [-0.3, -0.25) is 4.79 Å². The molecule has 0 aliphatic heterocycles. The molecule has 2 atom stereocenters. The van der Waals surface area contributed by atoms with Crippen LogP contribution in [-0.2, 0) is 9.59 Å². The van der Waals surface area contributed by atoms with E-state index in [4.69, 9.17) is 5.11 Å². The van der Waals surface area contributed by atoms with Crippen molar-refractivity contribution in [2.45, 2.75) is 26.2 Å². The van der Waals surface area contributed by atoms with Crippen LogP contribution in [0.4, 0.5) is 0 Å². The summed E-state index contributed by atoms with van der Waals surface area (Å²) in [6, 6.07) is 0. The molecule has 0 aromatic carbocycles. The van der Waals surface area contributed by atoms with Gasteiger partial charge >= 0.3 is 5.97 Å². The van der Waals surface area contributed by atoms with Gasteiger partial charge in [0.2, 0.25) is 0 Å². The molecule has 11 heavy (non-hydrogen) atoms. The predicted octanol–water partition coefficient (Wildman–Crippen LogP) is 1.08. The first-order chi connectivity index (χ1) is 5.11. The second-order valence-electron chi connectivity index (χ2n) is 3.18. The van der Waals surface area contributed by atoms with Crippen LogP contribution in [0.25, 0.3) is 0 Å². The molecule has 3 heteroatoms. The van der Waals surface area contributed by atoms with Gasteiger partial charge in [0.15, 0.2) is 0 Å². The highest BCUT2D eigenvalue weighted by atomic mass is 16.4. The van der Waals surface area contributed by atoms with E-state index in [2.05, 4.69) is 0 Å². The van der Waals surface area contributed by atoms with E-state index in [0.717, 1.165) is 12.8 Å². The van der Waals surface area contributed by atoms with E-state index in [1.165, 1.54) is 6.92 Å². The van der Waals surface area contributed by atoms with Crippen molar-refractivity contribution in [3.8, 4) is 0 Å². The third-order valence-electron chi connectivity index (χ3n) is 2.11. The molecule has 62 valence electrons. The van der Waals surface area contributed by atoms with Crippen LogP contribution in [0.5, 0.6) is 0 Å². The lowest BCUT2D eigenvalue weighted by molar-refractivity contribution is -0.139. The fourth-order valence-electron chi connectivity index (χ4n) is 1.26. The Morgan fingerprint density at radius 2 is 2.18 bits per heavy atom. The zero-order chi connectivity index (χ0) is 8.43. The first kappa shape index (κ1) is 8.24. The van der Waals surface area contributed by atoms with Crippen LogP contribution in [0.1, 0.15) is 26.2 Å². The fourth-order valence-corrected chi connectivity index (χ4v) is 1.26.